The second-order valence-corrected chi connectivity index (χ2v) is 18.3. The smallest absolute Gasteiger partial charge is 0.322 e. The molecule has 0 aromatic rings. The summed E-state index contributed by atoms with van der Waals surface area (Å²) in [6.45, 7) is 23.6. The van der Waals surface area contributed by atoms with E-state index < -0.39 is 0 Å². The van der Waals surface area contributed by atoms with E-state index in [4.69, 9.17) is 19.1 Å². The molecule has 2 atom stereocenters. The largest absolute Gasteiger partial charge is 0.462 e. The third kappa shape index (κ3) is 18.3. The molecule has 0 aromatic carbocycles. The summed E-state index contributed by atoms with van der Waals surface area (Å²) in [5.41, 5.74) is -1.33. The lowest BCUT2D eigenvalue weighted by Gasteiger charge is -2.54. The Kier molecular flexibility index (Phi) is 24.8. The summed E-state index contributed by atoms with van der Waals surface area (Å²) in [6, 6.07) is 0. The van der Waals surface area contributed by atoms with Gasteiger partial charge in [0.05, 0.1) is 22.2 Å². The van der Waals surface area contributed by atoms with Crippen LogP contribution in [0, 0.1) is 0 Å². The number of hydroxylamine groups is 4. The van der Waals surface area contributed by atoms with Crippen LogP contribution in [0.25, 0.3) is 0 Å². The number of unbranched alkanes of at least 4 members (excludes halogenated alkanes) is 14. The van der Waals surface area contributed by atoms with E-state index in [1.54, 1.807) is 6.92 Å². The highest BCUT2D eigenvalue weighted by atomic mass is 16.7. The topological polar surface area (TPSA) is 112 Å². The molecular formula is C47H88N2O8. The standard InChI is InChI=1S/C31H59NO4.C16H29NO4/c1-7-10-11-12-13-14-15-16-17-18-19-20-21-22-23-24-29(34)35-28-25-30(5,6)32(36-27(4)33)31(8-2,9-3)26-28;1-7-14(19)20-13-10-15(5,6)17(21-12(4)18)16(8-2,9-3)11-13/h28H,7-26H2,1-6H3;13H,7-11H2,1-6H3. The van der Waals surface area contributed by atoms with Gasteiger partial charge < -0.3 is 19.1 Å². The lowest BCUT2D eigenvalue weighted by Crippen LogP contribution is -2.64. The fraction of sp³-hybridized carbons (Fsp3) is 0.915. The van der Waals surface area contributed by atoms with Crippen LogP contribution in [0.3, 0.4) is 0 Å². The van der Waals surface area contributed by atoms with E-state index in [-0.39, 0.29) is 58.2 Å². The maximum Gasteiger partial charge on any atom is 0.322 e. The number of nitrogens with zero attached hydrogens (tertiary/aromatic N) is 2. The molecular weight excluding hydrogens is 721 g/mol. The van der Waals surface area contributed by atoms with Crippen molar-refractivity contribution in [1.29, 1.82) is 0 Å². The molecule has 2 heterocycles. The van der Waals surface area contributed by atoms with Gasteiger partial charge in [-0.3, -0.25) is 19.2 Å². The first-order valence-corrected chi connectivity index (χ1v) is 23.3. The maximum absolute atomic E-state index is 12.6. The number of rotatable bonds is 25. The predicted octanol–water partition coefficient (Wildman–Crippen LogP) is 12.3. The Morgan fingerprint density at radius 1 is 0.474 bits per heavy atom. The third-order valence-electron chi connectivity index (χ3n) is 12.6. The first-order valence-electron chi connectivity index (χ1n) is 23.3. The van der Waals surface area contributed by atoms with E-state index in [1.807, 2.05) is 24.0 Å². The molecule has 0 bridgehead atoms. The summed E-state index contributed by atoms with van der Waals surface area (Å²) >= 11 is 0. The van der Waals surface area contributed by atoms with Gasteiger partial charge in [-0.25, -0.2) is 0 Å². The van der Waals surface area contributed by atoms with Crippen molar-refractivity contribution in [3.8, 4) is 0 Å². The predicted molar refractivity (Wildman–Crippen MR) is 230 cm³/mol. The van der Waals surface area contributed by atoms with Crippen LogP contribution in [0.2, 0.25) is 0 Å². The zero-order valence-electron chi connectivity index (χ0n) is 39.0. The van der Waals surface area contributed by atoms with E-state index in [0.29, 0.717) is 38.5 Å². The fourth-order valence-electron chi connectivity index (χ4n) is 9.39. The highest BCUT2D eigenvalue weighted by Gasteiger charge is 2.53. The van der Waals surface area contributed by atoms with Crippen molar-refractivity contribution in [2.24, 2.45) is 0 Å². The van der Waals surface area contributed by atoms with E-state index in [0.717, 1.165) is 38.5 Å². The van der Waals surface area contributed by atoms with Crippen molar-refractivity contribution >= 4 is 23.9 Å². The molecule has 2 unspecified atom stereocenters. The van der Waals surface area contributed by atoms with Crippen LogP contribution in [0.15, 0.2) is 0 Å². The molecule has 2 aliphatic rings. The zero-order valence-corrected chi connectivity index (χ0v) is 39.0. The highest BCUT2D eigenvalue weighted by molar-refractivity contribution is 5.70. The van der Waals surface area contributed by atoms with Gasteiger partial charge in [0.1, 0.15) is 12.2 Å². The first kappa shape index (κ1) is 52.8. The van der Waals surface area contributed by atoms with Gasteiger partial charge in [0.15, 0.2) is 0 Å². The molecule has 10 heteroatoms. The summed E-state index contributed by atoms with van der Waals surface area (Å²) in [5.74, 6) is -0.846. The minimum Gasteiger partial charge on any atom is -0.462 e. The number of carbonyl (C=O) groups is 4. The molecule has 0 saturated carbocycles. The Bertz CT molecular complexity index is 1160. The van der Waals surface area contributed by atoms with E-state index in [1.165, 1.54) is 97.3 Å². The molecule has 10 nitrogen and oxygen atoms in total. The monoisotopic (exact) mass is 809 g/mol. The van der Waals surface area contributed by atoms with Crippen LogP contribution in [-0.4, -0.2) is 68.4 Å². The summed E-state index contributed by atoms with van der Waals surface area (Å²) < 4.78 is 11.5. The van der Waals surface area contributed by atoms with Crippen LogP contribution in [0.5, 0.6) is 0 Å². The van der Waals surface area contributed by atoms with Crippen molar-refractivity contribution in [3.63, 3.8) is 0 Å². The minimum atomic E-state index is -0.379. The highest BCUT2D eigenvalue weighted by Crippen LogP contribution is 2.45. The molecule has 0 aromatic heterocycles. The second kappa shape index (κ2) is 26.8. The van der Waals surface area contributed by atoms with E-state index >= 15 is 0 Å². The van der Waals surface area contributed by atoms with Crippen LogP contribution in [0.4, 0.5) is 0 Å². The minimum absolute atomic E-state index is 0.0764. The second-order valence-electron chi connectivity index (χ2n) is 18.3. The molecule has 2 fully saturated rings. The Balaban J connectivity index is 0.000000655. The quantitative estimate of drug-likeness (QED) is 0.0652. The average molecular weight is 809 g/mol. The Morgan fingerprint density at radius 3 is 1.09 bits per heavy atom. The van der Waals surface area contributed by atoms with Gasteiger partial charge in [-0.05, 0) is 59.8 Å². The van der Waals surface area contributed by atoms with Crippen molar-refractivity contribution in [1.82, 2.24) is 10.1 Å². The van der Waals surface area contributed by atoms with Gasteiger partial charge >= 0.3 is 23.9 Å². The molecule has 0 N–H and O–H groups in total. The molecule has 2 aliphatic heterocycles. The van der Waals surface area contributed by atoms with Gasteiger partial charge in [-0.15, -0.1) is 10.1 Å². The number of ether oxygens (including phenoxy) is 2. The number of esters is 2. The molecule has 2 saturated heterocycles. The van der Waals surface area contributed by atoms with Crippen molar-refractivity contribution < 1.29 is 38.3 Å². The molecule has 0 aliphatic carbocycles. The summed E-state index contributed by atoms with van der Waals surface area (Å²) in [7, 11) is 0. The van der Waals surface area contributed by atoms with E-state index in [2.05, 4.69) is 48.5 Å². The Hall–Kier alpha value is -2.20. The van der Waals surface area contributed by atoms with Crippen molar-refractivity contribution in [2.45, 2.75) is 278 Å². The van der Waals surface area contributed by atoms with Crippen LogP contribution in [0.1, 0.15) is 244 Å². The zero-order chi connectivity index (χ0) is 43.1. The van der Waals surface area contributed by atoms with Crippen LogP contribution in [-0.2, 0) is 38.3 Å². The molecule has 0 radical (unpaired) electrons. The summed E-state index contributed by atoms with van der Waals surface area (Å²) in [5, 5.41) is 3.74. The lowest BCUT2D eigenvalue weighted by atomic mass is 9.75. The number of piperidine rings is 2. The number of hydrogen-bond acceptors (Lipinski definition) is 10. The summed E-state index contributed by atoms with van der Waals surface area (Å²) in [4.78, 5) is 58.6. The average Bonchev–Trinajstić information content (AvgIpc) is 3.14. The van der Waals surface area contributed by atoms with Crippen molar-refractivity contribution in [3.05, 3.63) is 0 Å². The molecule has 334 valence electrons. The van der Waals surface area contributed by atoms with Gasteiger partial charge in [-0.1, -0.05) is 131 Å². The number of carbonyl (C=O) groups excluding carboxylic acids is 4. The van der Waals surface area contributed by atoms with Gasteiger partial charge in [0.25, 0.3) is 0 Å². The fourth-order valence-corrected chi connectivity index (χ4v) is 9.39. The van der Waals surface area contributed by atoms with Crippen LogP contribution >= 0.6 is 0 Å². The van der Waals surface area contributed by atoms with Crippen molar-refractivity contribution in [2.75, 3.05) is 0 Å². The lowest BCUT2D eigenvalue weighted by molar-refractivity contribution is -0.285. The van der Waals surface area contributed by atoms with Gasteiger partial charge in [0, 0.05) is 52.4 Å². The Morgan fingerprint density at radius 2 is 0.789 bits per heavy atom. The normalized spacial score (nSPS) is 21.1. The first-order chi connectivity index (χ1) is 26.9. The molecule has 0 amide bonds. The molecule has 57 heavy (non-hydrogen) atoms. The third-order valence-corrected chi connectivity index (χ3v) is 12.6. The van der Waals surface area contributed by atoms with Gasteiger partial charge in [-0.2, -0.15) is 0 Å². The maximum atomic E-state index is 12.6. The number of hydrogen-bond donors (Lipinski definition) is 0. The van der Waals surface area contributed by atoms with E-state index in [9.17, 15) is 19.2 Å². The molecule has 0 spiro atoms. The SMILES string of the molecule is CCC(=O)OC1CC(C)(C)N(OC(C)=O)C(CC)(CC)C1.CCCCCCCCCCCCCCCCCC(=O)OC1CC(C)(C)N(OC(C)=O)C(CC)(CC)C1. The van der Waals surface area contributed by atoms with Gasteiger partial charge in [0.2, 0.25) is 0 Å². The van der Waals surface area contributed by atoms with Crippen LogP contribution < -0.4 is 0 Å². The summed E-state index contributed by atoms with van der Waals surface area (Å²) in [6.07, 6.45) is 26.5. The molecule has 2 rings (SSSR count). The Labute approximate surface area is 349 Å².